The summed E-state index contributed by atoms with van der Waals surface area (Å²) in [6.45, 7) is 3.78. The molecule has 5 heterocycles. The Hall–Kier alpha value is -3.93. The van der Waals surface area contributed by atoms with Gasteiger partial charge < -0.3 is 20.1 Å². The van der Waals surface area contributed by atoms with Gasteiger partial charge >= 0.3 is 6.18 Å². The number of nitrogens with zero attached hydrogens (tertiary/aromatic N) is 5. The Balaban J connectivity index is 1.48. The maximum absolute atomic E-state index is 13.1. The molecule has 0 unspecified atom stereocenters. The van der Waals surface area contributed by atoms with E-state index in [1.54, 1.807) is 41.7 Å². The maximum Gasteiger partial charge on any atom is 0.408 e. The summed E-state index contributed by atoms with van der Waals surface area (Å²) in [7, 11) is 2.02. The van der Waals surface area contributed by atoms with Crippen LogP contribution in [0, 0.1) is 0 Å². The maximum atomic E-state index is 13.1. The number of alkyl halides is 3. The van der Waals surface area contributed by atoms with E-state index in [0.29, 0.717) is 35.4 Å². The molecule has 1 fully saturated rings. The molecule has 0 aromatic carbocycles. The van der Waals surface area contributed by atoms with Crippen LogP contribution in [0.25, 0.3) is 27.7 Å². The number of hydrogen-bond acceptors (Lipinski definition) is 5. The fourth-order valence-corrected chi connectivity index (χ4v) is 4.23. The van der Waals surface area contributed by atoms with E-state index in [4.69, 9.17) is 0 Å². The molecule has 188 valence electrons. The van der Waals surface area contributed by atoms with Gasteiger partial charge in [0.2, 0.25) is 0 Å². The van der Waals surface area contributed by atoms with Crippen molar-refractivity contribution in [1.82, 2.24) is 34.7 Å². The number of piperazine rings is 1. The largest absolute Gasteiger partial charge is 0.408 e. The Morgan fingerprint density at radius 3 is 2.61 bits per heavy atom. The van der Waals surface area contributed by atoms with Crippen LogP contribution in [0.1, 0.15) is 27.6 Å². The molecule has 12 heteroatoms. The zero-order chi connectivity index (χ0) is 25.6. The van der Waals surface area contributed by atoms with Crippen LogP contribution < -0.4 is 5.32 Å². The molecule has 2 N–H and O–H groups in total. The number of aromatic amines is 1. The van der Waals surface area contributed by atoms with Gasteiger partial charge in [-0.05, 0) is 37.7 Å². The van der Waals surface area contributed by atoms with E-state index in [9.17, 15) is 22.8 Å². The number of likely N-dealkylation sites (N-methyl/N-ethyl adjacent to an activating group) is 1. The van der Waals surface area contributed by atoms with Crippen molar-refractivity contribution in [1.29, 1.82) is 0 Å². The number of hydrogen-bond donors (Lipinski definition) is 2. The normalized spacial score (nSPS) is 16.0. The summed E-state index contributed by atoms with van der Waals surface area (Å²) < 4.78 is 40.2. The van der Waals surface area contributed by atoms with Crippen LogP contribution in [-0.4, -0.2) is 86.6 Å². The Morgan fingerprint density at radius 2 is 1.89 bits per heavy atom. The van der Waals surface area contributed by atoms with Crippen LogP contribution in [0.3, 0.4) is 0 Å². The van der Waals surface area contributed by atoms with Crippen LogP contribution >= 0.6 is 0 Å². The van der Waals surface area contributed by atoms with Crippen molar-refractivity contribution in [3.8, 4) is 11.1 Å². The predicted octanol–water partition coefficient (Wildman–Crippen LogP) is 2.95. The monoisotopic (exact) mass is 499 g/mol. The van der Waals surface area contributed by atoms with Crippen LogP contribution in [0.15, 0.2) is 43.0 Å². The lowest BCUT2D eigenvalue weighted by Gasteiger charge is -2.32. The highest BCUT2D eigenvalue weighted by Gasteiger charge is 2.37. The molecule has 1 atom stereocenters. The average Bonchev–Trinajstić information content (AvgIpc) is 3.47. The molecule has 5 rings (SSSR count). The topological polar surface area (TPSA) is 98.6 Å². The number of H-pyrrole nitrogens is 1. The summed E-state index contributed by atoms with van der Waals surface area (Å²) in [6, 6.07) is 3.24. The van der Waals surface area contributed by atoms with Crippen LogP contribution in [0.5, 0.6) is 0 Å². The van der Waals surface area contributed by atoms with Crippen molar-refractivity contribution in [2.75, 3.05) is 33.2 Å². The van der Waals surface area contributed by atoms with E-state index in [2.05, 4.69) is 20.0 Å². The second-order valence-corrected chi connectivity index (χ2v) is 8.96. The second kappa shape index (κ2) is 8.94. The molecule has 36 heavy (non-hydrogen) atoms. The van der Waals surface area contributed by atoms with Crippen LogP contribution in [0.4, 0.5) is 13.2 Å². The third-order valence-corrected chi connectivity index (χ3v) is 6.48. The van der Waals surface area contributed by atoms with Gasteiger partial charge in [-0.3, -0.25) is 9.59 Å². The predicted molar refractivity (Wildman–Crippen MR) is 127 cm³/mol. The summed E-state index contributed by atoms with van der Waals surface area (Å²) in [5.74, 6) is -0.957. The van der Waals surface area contributed by atoms with Gasteiger partial charge in [0.1, 0.15) is 11.7 Å². The van der Waals surface area contributed by atoms with Gasteiger partial charge in [0.15, 0.2) is 0 Å². The molecule has 0 radical (unpaired) electrons. The minimum Gasteiger partial charge on any atom is -0.346 e. The Bertz CT molecular complexity index is 1450. The molecular weight excluding hydrogens is 475 g/mol. The molecule has 4 aromatic heterocycles. The first-order valence-electron chi connectivity index (χ1n) is 11.4. The van der Waals surface area contributed by atoms with Crippen molar-refractivity contribution < 1.29 is 22.8 Å². The molecule has 0 saturated carbocycles. The summed E-state index contributed by atoms with van der Waals surface area (Å²) in [4.78, 5) is 37.1. The number of halogens is 3. The van der Waals surface area contributed by atoms with Gasteiger partial charge in [0.05, 0.1) is 22.8 Å². The zero-order valence-corrected chi connectivity index (χ0v) is 19.6. The molecular formula is C24H24F3N7O2. The highest BCUT2D eigenvalue weighted by molar-refractivity contribution is 6.03. The van der Waals surface area contributed by atoms with E-state index in [-0.39, 0.29) is 11.5 Å². The van der Waals surface area contributed by atoms with Gasteiger partial charge in [0.25, 0.3) is 11.8 Å². The SMILES string of the molecule is C[C@@H](NC(=O)c1cnn2ccc(-c3c[nH]c4ncc(C(=O)N5CCN(C)CC5)cc34)cc12)C(F)(F)F. The number of carbonyl (C=O) groups is 2. The third kappa shape index (κ3) is 4.39. The van der Waals surface area contributed by atoms with E-state index in [1.165, 1.54) is 10.7 Å². The average molecular weight is 499 g/mol. The lowest BCUT2D eigenvalue weighted by molar-refractivity contribution is -0.149. The van der Waals surface area contributed by atoms with Crippen molar-refractivity contribution >= 4 is 28.4 Å². The number of nitrogens with one attached hydrogen (secondary N) is 2. The lowest BCUT2D eigenvalue weighted by Crippen LogP contribution is -2.47. The van der Waals surface area contributed by atoms with Gasteiger partial charge in [-0.25, -0.2) is 9.50 Å². The minimum atomic E-state index is -4.56. The molecule has 9 nitrogen and oxygen atoms in total. The molecule has 1 aliphatic heterocycles. The first kappa shape index (κ1) is 23.8. The van der Waals surface area contributed by atoms with Crippen molar-refractivity contribution in [3.63, 3.8) is 0 Å². The summed E-state index contributed by atoms with van der Waals surface area (Å²) in [5.41, 5.74) is 2.87. The number of pyridine rings is 2. The fraction of sp³-hybridized carbons (Fsp3) is 0.333. The summed E-state index contributed by atoms with van der Waals surface area (Å²) in [6.07, 6.45) is 1.60. The van der Waals surface area contributed by atoms with Crippen molar-refractivity contribution in [3.05, 3.63) is 54.1 Å². The number of rotatable bonds is 4. The van der Waals surface area contributed by atoms with Crippen LogP contribution in [-0.2, 0) is 0 Å². The first-order chi connectivity index (χ1) is 17.1. The highest BCUT2D eigenvalue weighted by Crippen LogP contribution is 2.30. The molecule has 1 aliphatic rings. The van der Waals surface area contributed by atoms with E-state index in [1.807, 2.05) is 12.4 Å². The zero-order valence-electron chi connectivity index (χ0n) is 19.6. The molecule has 0 aliphatic carbocycles. The molecule has 4 aromatic rings. The summed E-state index contributed by atoms with van der Waals surface area (Å²) >= 11 is 0. The summed E-state index contributed by atoms with van der Waals surface area (Å²) in [5, 5.41) is 6.78. The van der Waals surface area contributed by atoms with Gasteiger partial charge in [-0.1, -0.05) is 0 Å². The fourth-order valence-electron chi connectivity index (χ4n) is 4.23. The van der Waals surface area contributed by atoms with E-state index < -0.39 is 18.1 Å². The smallest absolute Gasteiger partial charge is 0.346 e. The quantitative estimate of drug-likeness (QED) is 0.450. The first-order valence-corrected chi connectivity index (χ1v) is 11.4. The van der Waals surface area contributed by atoms with Gasteiger partial charge in [0, 0.05) is 55.7 Å². The lowest BCUT2D eigenvalue weighted by atomic mass is 10.0. The van der Waals surface area contributed by atoms with Crippen LogP contribution in [0.2, 0.25) is 0 Å². The standard InChI is InChI=1S/C24H24F3N7O2/c1-14(24(25,26)27)31-22(35)19-13-30-34-4-3-15(10-20(19)34)18-12-29-21-17(18)9-16(11-28-21)23(36)33-7-5-32(2)6-8-33/h3-4,9-14H,5-8H2,1-2H3,(H,28,29)(H,31,35)/t14-/m1/s1. The van der Waals surface area contributed by atoms with Gasteiger partial charge in [-0.15, -0.1) is 0 Å². The van der Waals surface area contributed by atoms with E-state index in [0.717, 1.165) is 31.0 Å². The number of fused-ring (bicyclic) bond motifs is 2. The molecule has 1 saturated heterocycles. The second-order valence-electron chi connectivity index (χ2n) is 8.96. The third-order valence-electron chi connectivity index (χ3n) is 6.48. The number of aromatic nitrogens is 4. The number of amides is 2. The van der Waals surface area contributed by atoms with Gasteiger partial charge in [-0.2, -0.15) is 18.3 Å². The Morgan fingerprint density at radius 1 is 1.14 bits per heavy atom. The number of carbonyl (C=O) groups excluding carboxylic acids is 2. The molecule has 0 bridgehead atoms. The highest BCUT2D eigenvalue weighted by atomic mass is 19.4. The van der Waals surface area contributed by atoms with Crippen molar-refractivity contribution in [2.45, 2.75) is 19.1 Å². The molecule has 2 amide bonds. The van der Waals surface area contributed by atoms with E-state index >= 15 is 0 Å². The Labute approximate surface area is 203 Å². The minimum absolute atomic E-state index is 0.0249. The van der Waals surface area contributed by atoms with Crippen molar-refractivity contribution in [2.24, 2.45) is 0 Å². The molecule has 0 spiro atoms. The Kier molecular flexibility index (Phi) is 5.91.